The van der Waals surface area contributed by atoms with Crippen LogP contribution in [-0.4, -0.2) is 19.2 Å². The molecule has 0 aliphatic heterocycles. The summed E-state index contributed by atoms with van der Waals surface area (Å²) in [6.45, 7) is -6.27. The summed E-state index contributed by atoms with van der Waals surface area (Å²) in [5.74, 6) is 2.31. The quantitative estimate of drug-likeness (QED) is 0.634. The van der Waals surface area contributed by atoms with Gasteiger partial charge in [0.1, 0.15) is 0 Å². The molecule has 1 N–H and O–H groups in total. The molecular formula is C8H12INO2. The number of halogens is 1. The number of carbonyl (C=O) groups excluding carboxylic acids is 1. The average Bonchev–Trinajstić information content (AvgIpc) is 2.37. The van der Waals surface area contributed by atoms with Crippen molar-refractivity contribution in [3.05, 3.63) is 0 Å². The summed E-state index contributed by atoms with van der Waals surface area (Å²) in [5, 5.41) is -0.498. The number of carbonyl (C=O) groups is 1. The molecular weight excluding hydrogens is 269 g/mol. The Morgan fingerprint density at radius 3 is 3.50 bits per heavy atom. The highest BCUT2D eigenvalue weighted by atomic mass is 127. The number of nitrogens with one attached hydrogen (secondary N) is 1. The molecule has 0 saturated heterocycles. The minimum atomic E-state index is -3.50. The van der Waals surface area contributed by atoms with Crippen molar-refractivity contribution in [1.29, 1.82) is 0 Å². The first-order valence-corrected chi connectivity index (χ1v) is 3.80. The van der Waals surface area contributed by atoms with Crippen LogP contribution in [0.4, 0.5) is 4.79 Å². The van der Waals surface area contributed by atoms with Gasteiger partial charge in [-0.05, 0) is 10.3 Å². The van der Waals surface area contributed by atoms with Gasteiger partial charge >= 0.3 is 6.09 Å². The molecule has 0 aromatic rings. The summed E-state index contributed by atoms with van der Waals surface area (Å²) in [4.78, 5) is 11.4. The molecule has 0 rings (SSSR count). The summed E-state index contributed by atoms with van der Waals surface area (Å²) >= 11 is 1.66. The second-order valence-electron chi connectivity index (χ2n) is 1.32. The fraction of sp³-hybridized carbons (Fsp3) is 0.625. The Morgan fingerprint density at radius 2 is 2.83 bits per heavy atom. The minimum absolute atomic E-state index is 0.442. The summed E-state index contributed by atoms with van der Waals surface area (Å²) in [7, 11) is 0. The fourth-order valence-corrected chi connectivity index (χ4v) is 0.419. The van der Waals surface area contributed by atoms with Gasteiger partial charge in [0, 0.05) is 40.1 Å². The van der Waals surface area contributed by atoms with Crippen LogP contribution in [0.2, 0.25) is 1.41 Å². The lowest BCUT2D eigenvalue weighted by molar-refractivity contribution is 0.160. The number of rotatable bonds is 4. The first-order chi connectivity index (χ1) is 9.34. The van der Waals surface area contributed by atoms with Crippen molar-refractivity contribution in [3.63, 3.8) is 0 Å². The third kappa shape index (κ3) is 7.66. The zero-order valence-corrected chi connectivity index (χ0v) is 8.08. The van der Waals surface area contributed by atoms with Gasteiger partial charge in [0.25, 0.3) is 0 Å². The van der Waals surface area contributed by atoms with E-state index in [2.05, 4.69) is 14.6 Å². The van der Waals surface area contributed by atoms with Crippen molar-refractivity contribution in [3.8, 4) is 9.85 Å². The number of hydrogen-bond acceptors (Lipinski definition) is 2. The van der Waals surface area contributed by atoms with E-state index in [1.807, 2.05) is 0 Å². The van der Waals surface area contributed by atoms with Gasteiger partial charge in [-0.3, -0.25) is 0 Å². The van der Waals surface area contributed by atoms with Crippen LogP contribution in [0, 0.1) is 9.85 Å². The van der Waals surface area contributed by atoms with E-state index in [9.17, 15) is 4.79 Å². The van der Waals surface area contributed by atoms with Crippen molar-refractivity contribution in [2.75, 3.05) is 13.1 Å². The van der Waals surface area contributed by atoms with Gasteiger partial charge in [0.05, 0.1) is 0 Å². The highest BCUT2D eigenvalue weighted by Gasteiger charge is 1.96. The predicted octanol–water partition coefficient (Wildman–Crippen LogP) is 1.91. The first-order valence-electron chi connectivity index (χ1n) is 7.33. The van der Waals surface area contributed by atoms with Crippen molar-refractivity contribution in [2.24, 2.45) is 0 Å². The Morgan fingerprint density at radius 1 is 2.00 bits per heavy atom. The molecule has 0 unspecified atom stereocenters. The SMILES string of the molecule is [2H]C([2H])C([2H])([2H])C([2H])([2H])C([2H])([2H])N([2H])C(=O)OCC#CI. The van der Waals surface area contributed by atoms with Gasteiger partial charge in [0.15, 0.2) is 8.02 Å². The maximum absolute atomic E-state index is 11.4. The maximum Gasteiger partial charge on any atom is 0.408 e. The van der Waals surface area contributed by atoms with Crippen LogP contribution in [0.25, 0.3) is 0 Å². The molecule has 68 valence electrons. The highest BCUT2D eigenvalue weighted by molar-refractivity contribution is 14.1. The van der Waals surface area contributed by atoms with Gasteiger partial charge in [-0.25, -0.2) is 4.79 Å². The van der Waals surface area contributed by atoms with Gasteiger partial charge in [0.2, 0.25) is 0 Å². The van der Waals surface area contributed by atoms with E-state index in [0.29, 0.717) is 0 Å². The van der Waals surface area contributed by atoms with Gasteiger partial charge in [-0.15, -0.1) is 0 Å². The Labute approximate surface area is 99.1 Å². The van der Waals surface area contributed by atoms with E-state index in [-0.39, 0.29) is 0 Å². The second-order valence-corrected chi connectivity index (χ2v) is 1.86. The molecule has 0 spiro atoms. The van der Waals surface area contributed by atoms with Gasteiger partial charge in [-0.2, -0.15) is 0 Å². The Hall–Kier alpha value is -0.440. The van der Waals surface area contributed by atoms with Crippen molar-refractivity contribution in [1.82, 2.24) is 5.31 Å². The van der Waals surface area contributed by atoms with E-state index in [1.54, 1.807) is 22.6 Å². The van der Waals surface area contributed by atoms with E-state index >= 15 is 0 Å². The van der Waals surface area contributed by atoms with E-state index < -0.39 is 44.1 Å². The van der Waals surface area contributed by atoms with Crippen LogP contribution < -0.4 is 5.31 Å². The smallest absolute Gasteiger partial charge is 0.408 e. The molecule has 0 bridgehead atoms. The molecule has 0 aromatic heterocycles. The Kier molecular flexibility index (Phi) is 2.43. The van der Waals surface area contributed by atoms with Crippen molar-refractivity contribution >= 4 is 28.7 Å². The first kappa shape index (κ1) is 3.37. The topological polar surface area (TPSA) is 38.3 Å². The monoisotopic (exact) mass is 290 g/mol. The predicted molar refractivity (Wildman–Crippen MR) is 56.1 cm³/mol. The third-order valence-corrected chi connectivity index (χ3v) is 0.991. The standard InChI is InChI=1S/C8H12INO2/c1-2-3-6-10-8(11)12-7-4-5-9/h2-3,6-7H2,1H3,(H,10,11)/i1D2,2D2,3D2,6D2/hD. The molecule has 0 aliphatic carbocycles. The highest BCUT2D eigenvalue weighted by Crippen LogP contribution is 1.84. The fourth-order valence-electron chi connectivity index (χ4n) is 0.263. The largest absolute Gasteiger partial charge is 0.436 e. The van der Waals surface area contributed by atoms with Crippen LogP contribution in [0.1, 0.15) is 30.6 Å². The Balaban J connectivity index is 5.33. The molecule has 12 heavy (non-hydrogen) atoms. The summed E-state index contributed by atoms with van der Waals surface area (Å²) < 4.78 is 72.6. The van der Waals surface area contributed by atoms with Crippen LogP contribution in [0.5, 0.6) is 0 Å². The van der Waals surface area contributed by atoms with Crippen LogP contribution >= 0.6 is 22.6 Å². The van der Waals surface area contributed by atoms with Crippen molar-refractivity contribution < 1.29 is 21.9 Å². The van der Waals surface area contributed by atoms with E-state index in [4.69, 9.17) is 12.4 Å². The molecule has 0 saturated carbocycles. The number of alkyl carbamates (subject to hydrolysis) is 1. The lowest BCUT2D eigenvalue weighted by atomic mass is 10.3. The normalized spacial score (nSPS) is 23.0. The molecule has 0 atom stereocenters. The number of ether oxygens (including phenoxy) is 1. The van der Waals surface area contributed by atoms with Gasteiger partial charge < -0.3 is 10.0 Å². The molecule has 0 heterocycles. The molecule has 0 aromatic carbocycles. The molecule has 0 aliphatic rings. The Bertz CT molecular complexity index is 445. The maximum atomic E-state index is 11.4. The van der Waals surface area contributed by atoms with Crippen LogP contribution in [-0.2, 0) is 4.74 Å². The number of amides is 1. The average molecular weight is 290 g/mol. The zero-order chi connectivity index (χ0) is 17.1. The molecule has 0 fully saturated rings. The van der Waals surface area contributed by atoms with Gasteiger partial charge in [-0.1, -0.05) is 19.2 Å². The molecule has 0 radical (unpaired) electrons. The third-order valence-electron chi connectivity index (χ3n) is 0.610. The number of hydrogen-bond donors (Lipinski definition) is 1. The summed E-state index contributed by atoms with van der Waals surface area (Å²) in [5.41, 5.74) is 0. The van der Waals surface area contributed by atoms with E-state index in [1.165, 1.54) is 0 Å². The summed E-state index contributed by atoms with van der Waals surface area (Å²) in [6.07, 6.45) is -8.33. The lowest BCUT2D eigenvalue weighted by Crippen LogP contribution is -2.25. The molecule has 3 nitrogen and oxygen atoms in total. The molecule has 1 amide bonds. The van der Waals surface area contributed by atoms with Crippen molar-refractivity contribution in [2.45, 2.75) is 19.6 Å². The van der Waals surface area contributed by atoms with Crippen LogP contribution in [0.3, 0.4) is 0 Å². The summed E-state index contributed by atoms with van der Waals surface area (Å²) in [6, 6.07) is 0. The zero-order valence-electron chi connectivity index (χ0n) is 14.9. The minimum Gasteiger partial charge on any atom is -0.436 e. The van der Waals surface area contributed by atoms with Crippen LogP contribution in [0.15, 0.2) is 0 Å². The lowest BCUT2D eigenvalue weighted by Gasteiger charge is -2.02. The second kappa shape index (κ2) is 8.65. The van der Waals surface area contributed by atoms with E-state index in [0.717, 1.165) is 0 Å². The molecule has 4 heteroatoms.